The van der Waals surface area contributed by atoms with Gasteiger partial charge in [-0.2, -0.15) is 0 Å². The third kappa shape index (κ3) is 4.22. The van der Waals surface area contributed by atoms with Crippen LogP contribution in [0.15, 0.2) is 24.3 Å². The molecule has 0 saturated heterocycles. The summed E-state index contributed by atoms with van der Waals surface area (Å²) in [6, 6.07) is 8.96. The number of hydrogen-bond donors (Lipinski definition) is 2. The van der Waals surface area contributed by atoms with Gasteiger partial charge in [-0.25, -0.2) is 0 Å². The van der Waals surface area contributed by atoms with E-state index in [1.807, 2.05) is 12.1 Å². The average Bonchev–Trinajstić information content (AvgIpc) is 2.48. The number of hydrogen-bond acceptors (Lipinski definition) is 3. The Hall–Kier alpha value is -1.06. The van der Waals surface area contributed by atoms with E-state index in [0.717, 1.165) is 25.3 Å². The lowest BCUT2D eigenvalue weighted by Crippen LogP contribution is -2.42. The largest absolute Gasteiger partial charge is 0.497 e. The summed E-state index contributed by atoms with van der Waals surface area (Å²) >= 11 is 0. The molecular formula is C16H26N2O. The lowest BCUT2D eigenvalue weighted by molar-refractivity contribution is 0.269. The molecule has 2 atom stereocenters. The number of nitrogens with one attached hydrogen (secondary N) is 1. The van der Waals surface area contributed by atoms with Crippen molar-refractivity contribution in [2.24, 2.45) is 11.7 Å². The summed E-state index contributed by atoms with van der Waals surface area (Å²) in [7, 11) is 1.70. The van der Waals surface area contributed by atoms with Gasteiger partial charge in [0.15, 0.2) is 0 Å². The predicted molar refractivity (Wildman–Crippen MR) is 79.5 cm³/mol. The van der Waals surface area contributed by atoms with E-state index in [1.54, 1.807) is 7.11 Å². The first-order chi connectivity index (χ1) is 9.33. The Balaban J connectivity index is 1.75. The number of rotatable bonds is 6. The van der Waals surface area contributed by atoms with E-state index in [0.29, 0.717) is 12.0 Å². The van der Waals surface area contributed by atoms with Gasteiger partial charge in [-0.05, 0) is 56.0 Å². The molecule has 2 rings (SSSR count). The fourth-order valence-electron chi connectivity index (χ4n) is 2.95. The molecule has 1 aliphatic carbocycles. The molecule has 1 saturated carbocycles. The molecule has 1 aliphatic rings. The van der Waals surface area contributed by atoms with Crippen LogP contribution in [0.5, 0.6) is 5.75 Å². The molecule has 0 heterocycles. The first-order valence-electron chi connectivity index (χ1n) is 7.40. The summed E-state index contributed by atoms with van der Waals surface area (Å²) < 4.78 is 5.17. The molecule has 1 aromatic carbocycles. The fourth-order valence-corrected chi connectivity index (χ4v) is 2.95. The predicted octanol–water partition coefficient (Wildman–Crippen LogP) is 2.34. The minimum Gasteiger partial charge on any atom is -0.497 e. The number of nitrogens with two attached hydrogens (primary N) is 1. The third-order valence-corrected chi connectivity index (χ3v) is 4.19. The van der Waals surface area contributed by atoms with E-state index in [4.69, 9.17) is 10.5 Å². The molecule has 0 aliphatic heterocycles. The monoisotopic (exact) mass is 262 g/mol. The van der Waals surface area contributed by atoms with E-state index < -0.39 is 0 Å². The van der Waals surface area contributed by atoms with Crippen LogP contribution in [0.25, 0.3) is 0 Å². The van der Waals surface area contributed by atoms with Crippen molar-refractivity contribution in [1.29, 1.82) is 0 Å². The van der Waals surface area contributed by atoms with Gasteiger partial charge >= 0.3 is 0 Å². The Labute approximate surface area is 116 Å². The Bertz CT molecular complexity index is 364. The van der Waals surface area contributed by atoms with E-state index in [1.165, 1.54) is 31.2 Å². The van der Waals surface area contributed by atoms with Gasteiger partial charge in [-0.1, -0.05) is 25.0 Å². The van der Waals surface area contributed by atoms with Gasteiger partial charge in [0.25, 0.3) is 0 Å². The van der Waals surface area contributed by atoms with Crippen LogP contribution in [0.4, 0.5) is 0 Å². The first kappa shape index (κ1) is 14.4. The van der Waals surface area contributed by atoms with E-state index in [9.17, 15) is 0 Å². The molecule has 0 spiro atoms. The van der Waals surface area contributed by atoms with Gasteiger partial charge in [0.2, 0.25) is 0 Å². The topological polar surface area (TPSA) is 47.3 Å². The molecule has 0 aromatic heterocycles. The van der Waals surface area contributed by atoms with Crippen LogP contribution < -0.4 is 15.8 Å². The highest BCUT2D eigenvalue weighted by atomic mass is 16.5. The zero-order chi connectivity index (χ0) is 13.5. The maximum atomic E-state index is 5.85. The maximum Gasteiger partial charge on any atom is 0.118 e. The second-order valence-corrected chi connectivity index (χ2v) is 5.44. The Morgan fingerprint density at radius 3 is 2.63 bits per heavy atom. The number of ether oxygens (including phenoxy) is 1. The van der Waals surface area contributed by atoms with E-state index >= 15 is 0 Å². The highest BCUT2D eigenvalue weighted by molar-refractivity contribution is 5.27. The van der Waals surface area contributed by atoms with Gasteiger partial charge in [-0.15, -0.1) is 0 Å². The van der Waals surface area contributed by atoms with E-state index in [-0.39, 0.29) is 0 Å². The summed E-state index contributed by atoms with van der Waals surface area (Å²) in [4.78, 5) is 0. The molecule has 1 fully saturated rings. The van der Waals surface area contributed by atoms with Crippen molar-refractivity contribution in [2.45, 2.75) is 38.1 Å². The summed E-state index contributed by atoms with van der Waals surface area (Å²) in [5.74, 6) is 1.59. The van der Waals surface area contributed by atoms with Crippen molar-refractivity contribution < 1.29 is 4.74 Å². The molecule has 19 heavy (non-hydrogen) atoms. The van der Waals surface area contributed by atoms with Crippen LogP contribution in [0.1, 0.15) is 31.2 Å². The molecule has 0 amide bonds. The zero-order valence-electron chi connectivity index (χ0n) is 11.9. The third-order valence-electron chi connectivity index (χ3n) is 4.19. The summed E-state index contributed by atoms with van der Waals surface area (Å²) in [6.07, 6.45) is 6.33. The minimum atomic E-state index is 0.622. The second-order valence-electron chi connectivity index (χ2n) is 5.44. The number of benzene rings is 1. The summed E-state index contributed by atoms with van der Waals surface area (Å²) in [5.41, 5.74) is 7.21. The molecule has 0 radical (unpaired) electrons. The minimum absolute atomic E-state index is 0.622. The quantitative estimate of drug-likeness (QED) is 0.827. The second kappa shape index (κ2) is 7.51. The highest BCUT2D eigenvalue weighted by Crippen LogP contribution is 2.23. The Morgan fingerprint density at radius 2 is 1.95 bits per heavy atom. The lowest BCUT2D eigenvalue weighted by Gasteiger charge is -2.31. The lowest BCUT2D eigenvalue weighted by atomic mass is 9.84. The highest BCUT2D eigenvalue weighted by Gasteiger charge is 2.22. The van der Waals surface area contributed by atoms with Crippen LogP contribution in [0.2, 0.25) is 0 Å². The fraction of sp³-hybridized carbons (Fsp3) is 0.625. The van der Waals surface area contributed by atoms with Gasteiger partial charge in [-0.3, -0.25) is 0 Å². The van der Waals surface area contributed by atoms with Gasteiger partial charge < -0.3 is 15.8 Å². The standard InChI is InChI=1S/C16H26N2O/c1-19-15-8-6-13(7-9-15)10-11-18-16-5-3-2-4-14(16)12-17/h6-9,14,16,18H,2-5,10-12,17H2,1H3. The molecule has 0 bridgehead atoms. The van der Waals surface area contributed by atoms with Gasteiger partial charge in [0, 0.05) is 6.04 Å². The average molecular weight is 262 g/mol. The van der Waals surface area contributed by atoms with Gasteiger partial charge in [0.05, 0.1) is 7.11 Å². The van der Waals surface area contributed by atoms with Crippen molar-refractivity contribution in [2.75, 3.05) is 20.2 Å². The molecular weight excluding hydrogens is 236 g/mol. The van der Waals surface area contributed by atoms with Gasteiger partial charge in [0.1, 0.15) is 5.75 Å². The summed E-state index contributed by atoms with van der Waals surface area (Å²) in [6.45, 7) is 1.85. The molecule has 3 heteroatoms. The van der Waals surface area contributed by atoms with Crippen molar-refractivity contribution in [3.05, 3.63) is 29.8 Å². The normalized spacial score (nSPS) is 23.3. The molecule has 2 unspecified atom stereocenters. The Morgan fingerprint density at radius 1 is 1.21 bits per heavy atom. The zero-order valence-corrected chi connectivity index (χ0v) is 11.9. The van der Waals surface area contributed by atoms with Crippen molar-refractivity contribution in [3.8, 4) is 5.75 Å². The molecule has 106 valence electrons. The van der Waals surface area contributed by atoms with E-state index in [2.05, 4.69) is 17.4 Å². The SMILES string of the molecule is COc1ccc(CCNC2CCCCC2CN)cc1. The Kier molecular flexibility index (Phi) is 5.67. The van der Waals surface area contributed by atoms with Crippen molar-refractivity contribution >= 4 is 0 Å². The van der Waals surface area contributed by atoms with Crippen LogP contribution in [0.3, 0.4) is 0 Å². The smallest absolute Gasteiger partial charge is 0.118 e. The molecule has 1 aromatic rings. The summed E-state index contributed by atoms with van der Waals surface area (Å²) in [5, 5.41) is 3.69. The first-order valence-corrected chi connectivity index (χ1v) is 7.40. The van der Waals surface area contributed by atoms with Crippen LogP contribution in [-0.4, -0.2) is 26.2 Å². The van der Waals surface area contributed by atoms with Crippen LogP contribution in [-0.2, 0) is 6.42 Å². The van der Waals surface area contributed by atoms with Crippen LogP contribution >= 0.6 is 0 Å². The number of methoxy groups -OCH3 is 1. The van der Waals surface area contributed by atoms with Crippen molar-refractivity contribution in [3.63, 3.8) is 0 Å². The van der Waals surface area contributed by atoms with Crippen LogP contribution in [0, 0.1) is 5.92 Å². The molecule has 3 N–H and O–H groups in total. The molecule has 3 nitrogen and oxygen atoms in total. The maximum absolute atomic E-state index is 5.85. The van der Waals surface area contributed by atoms with Crippen molar-refractivity contribution in [1.82, 2.24) is 5.32 Å².